The zero-order chi connectivity index (χ0) is 10.7. The lowest BCUT2D eigenvalue weighted by molar-refractivity contribution is 0.144. The van der Waals surface area contributed by atoms with E-state index >= 15 is 0 Å². The number of benzene rings is 1. The van der Waals surface area contributed by atoms with Crippen LogP contribution in [0.4, 0.5) is 0 Å². The van der Waals surface area contributed by atoms with Gasteiger partial charge in [-0.3, -0.25) is 0 Å². The number of hydrogen-bond acceptors (Lipinski definition) is 2. The molecule has 0 aliphatic carbocycles. The van der Waals surface area contributed by atoms with Gasteiger partial charge in [-0.2, -0.15) is 0 Å². The number of halogens is 1. The average molecular weight is 226 g/mol. The van der Waals surface area contributed by atoms with Gasteiger partial charge in [0.1, 0.15) is 11.9 Å². The van der Waals surface area contributed by atoms with Gasteiger partial charge in [0.05, 0.1) is 0 Å². The molecule has 0 spiro atoms. The quantitative estimate of drug-likeness (QED) is 0.836. The molecule has 1 aliphatic heterocycles. The van der Waals surface area contributed by atoms with E-state index in [1.54, 1.807) is 0 Å². The summed E-state index contributed by atoms with van der Waals surface area (Å²) < 4.78 is 5.88. The Hall–Kier alpha value is -0.730. The van der Waals surface area contributed by atoms with Crippen molar-refractivity contribution in [3.63, 3.8) is 0 Å². The topological polar surface area (TPSA) is 21.3 Å². The molecule has 1 aromatic rings. The van der Waals surface area contributed by atoms with Crippen LogP contribution in [0.2, 0.25) is 5.02 Å². The Morgan fingerprint density at radius 2 is 2.07 bits per heavy atom. The van der Waals surface area contributed by atoms with Crippen LogP contribution >= 0.6 is 11.6 Å². The first-order valence-corrected chi connectivity index (χ1v) is 5.77. The molecule has 0 bridgehead atoms. The Kier molecular flexibility index (Phi) is 3.49. The fourth-order valence-corrected chi connectivity index (χ4v) is 2.02. The number of hydrogen-bond donors (Lipinski definition) is 1. The van der Waals surface area contributed by atoms with Crippen LogP contribution in [0.3, 0.4) is 0 Å². The summed E-state index contributed by atoms with van der Waals surface area (Å²) in [6.07, 6.45) is 2.48. The summed E-state index contributed by atoms with van der Waals surface area (Å²) >= 11 is 5.81. The Balaban J connectivity index is 1.93. The zero-order valence-electron chi connectivity index (χ0n) is 8.87. The second-order valence-corrected chi connectivity index (χ2v) is 4.51. The summed E-state index contributed by atoms with van der Waals surface area (Å²) in [4.78, 5) is 0. The van der Waals surface area contributed by atoms with E-state index in [-0.39, 0.29) is 0 Å². The Labute approximate surface area is 95.6 Å². The molecule has 1 aromatic carbocycles. The van der Waals surface area contributed by atoms with Gasteiger partial charge in [0, 0.05) is 11.1 Å². The standard InChI is InChI=1S/C12H16ClNO/c1-9-8-12(6-7-14-9)15-11-4-2-10(13)3-5-11/h2-5,9,12,14H,6-8H2,1H3. The van der Waals surface area contributed by atoms with Crippen LogP contribution in [-0.2, 0) is 0 Å². The molecule has 2 rings (SSSR count). The van der Waals surface area contributed by atoms with Crippen LogP contribution in [0.25, 0.3) is 0 Å². The lowest BCUT2D eigenvalue weighted by atomic mass is 10.0. The molecule has 1 heterocycles. The molecule has 2 unspecified atom stereocenters. The molecule has 3 heteroatoms. The van der Waals surface area contributed by atoms with E-state index in [1.165, 1.54) is 0 Å². The van der Waals surface area contributed by atoms with Gasteiger partial charge in [-0.25, -0.2) is 0 Å². The highest BCUT2D eigenvalue weighted by Crippen LogP contribution is 2.20. The van der Waals surface area contributed by atoms with Crippen LogP contribution in [-0.4, -0.2) is 18.7 Å². The monoisotopic (exact) mass is 225 g/mol. The molecule has 0 aromatic heterocycles. The van der Waals surface area contributed by atoms with Crippen molar-refractivity contribution in [1.82, 2.24) is 5.32 Å². The largest absolute Gasteiger partial charge is 0.490 e. The van der Waals surface area contributed by atoms with Crippen LogP contribution in [0.15, 0.2) is 24.3 Å². The van der Waals surface area contributed by atoms with E-state index in [1.807, 2.05) is 24.3 Å². The molecule has 0 radical (unpaired) electrons. The smallest absolute Gasteiger partial charge is 0.119 e. The van der Waals surface area contributed by atoms with E-state index in [0.717, 1.165) is 30.2 Å². The number of ether oxygens (including phenoxy) is 1. The van der Waals surface area contributed by atoms with Crippen molar-refractivity contribution in [2.45, 2.75) is 31.9 Å². The van der Waals surface area contributed by atoms with Gasteiger partial charge in [-0.15, -0.1) is 0 Å². The highest BCUT2D eigenvalue weighted by Gasteiger charge is 2.19. The molecule has 15 heavy (non-hydrogen) atoms. The summed E-state index contributed by atoms with van der Waals surface area (Å²) in [7, 11) is 0. The minimum atomic E-state index is 0.336. The first-order valence-electron chi connectivity index (χ1n) is 5.39. The van der Waals surface area contributed by atoms with E-state index in [9.17, 15) is 0 Å². The van der Waals surface area contributed by atoms with Crippen molar-refractivity contribution in [1.29, 1.82) is 0 Å². The van der Waals surface area contributed by atoms with Gasteiger partial charge < -0.3 is 10.1 Å². The maximum Gasteiger partial charge on any atom is 0.119 e. The van der Waals surface area contributed by atoms with E-state index in [4.69, 9.17) is 16.3 Å². The summed E-state index contributed by atoms with van der Waals surface area (Å²) in [5.74, 6) is 0.915. The minimum absolute atomic E-state index is 0.336. The highest BCUT2D eigenvalue weighted by atomic mass is 35.5. The zero-order valence-corrected chi connectivity index (χ0v) is 9.63. The fraction of sp³-hybridized carbons (Fsp3) is 0.500. The molecule has 1 aliphatic rings. The summed E-state index contributed by atoms with van der Waals surface area (Å²) in [5.41, 5.74) is 0. The molecule has 1 fully saturated rings. The summed E-state index contributed by atoms with van der Waals surface area (Å²) in [6.45, 7) is 3.23. The number of rotatable bonds is 2. The predicted octanol–water partition coefficient (Wildman–Crippen LogP) is 2.86. The van der Waals surface area contributed by atoms with Crippen LogP contribution < -0.4 is 10.1 Å². The third kappa shape index (κ3) is 3.11. The van der Waals surface area contributed by atoms with Gasteiger partial charge in [-0.05, 0) is 50.6 Å². The van der Waals surface area contributed by atoms with Crippen molar-refractivity contribution in [2.24, 2.45) is 0 Å². The van der Waals surface area contributed by atoms with Crippen molar-refractivity contribution >= 4 is 11.6 Å². The van der Waals surface area contributed by atoms with Crippen molar-refractivity contribution < 1.29 is 4.74 Å². The molecular weight excluding hydrogens is 210 g/mol. The van der Waals surface area contributed by atoms with E-state index in [0.29, 0.717) is 12.1 Å². The Morgan fingerprint density at radius 3 is 2.73 bits per heavy atom. The molecule has 2 atom stereocenters. The first kappa shape index (κ1) is 10.8. The molecular formula is C12H16ClNO. The van der Waals surface area contributed by atoms with Gasteiger partial charge in [0.2, 0.25) is 0 Å². The maximum absolute atomic E-state index is 5.88. The normalized spacial score (nSPS) is 26.3. The summed E-state index contributed by atoms with van der Waals surface area (Å²) in [6, 6.07) is 8.13. The minimum Gasteiger partial charge on any atom is -0.490 e. The lowest BCUT2D eigenvalue weighted by Gasteiger charge is -2.28. The van der Waals surface area contributed by atoms with E-state index in [2.05, 4.69) is 12.2 Å². The molecule has 82 valence electrons. The molecule has 1 N–H and O–H groups in total. The van der Waals surface area contributed by atoms with Gasteiger partial charge in [0.15, 0.2) is 0 Å². The average Bonchev–Trinajstić information content (AvgIpc) is 2.22. The summed E-state index contributed by atoms with van der Waals surface area (Å²) in [5, 5.41) is 4.16. The van der Waals surface area contributed by atoms with Crippen molar-refractivity contribution in [2.75, 3.05) is 6.54 Å². The van der Waals surface area contributed by atoms with Gasteiger partial charge in [-0.1, -0.05) is 11.6 Å². The first-order chi connectivity index (χ1) is 7.24. The second-order valence-electron chi connectivity index (χ2n) is 4.07. The lowest BCUT2D eigenvalue weighted by Crippen LogP contribution is -2.40. The molecule has 2 nitrogen and oxygen atoms in total. The van der Waals surface area contributed by atoms with E-state index < -0.39 is 0 Å². The van der Waals surface area contributed by atoms with Crippen LogP contribution in [0, 0.1) is 0 Å². The third-order valence-corrected chi connectivity index (χ3v) is 2.94. The van der Waals surface area contributed by atoms with Crippen LogP contribution in [0.5, 0.6) is 5.75 Å². The Morgan fingerprint density at radius 1 is 1.33 bits per heavy atom. The third-order valence-electron chi connectivity index (χ3n) is 2.69. The SMILES string of the molecule is CC1CC(Oc2ccc(Cl)cc2)CCN1. The molecule has 0 amide bonds. The number of nitrogens with one attached hydrogen (secondary N) is 1. The second kappa shape index (κ2) is 4.86. The van der Waals surface area contributed by atoms with Gasteiger partial charge >= 0.3 is 0 Å². The Bertz CT molecular complexity index is 312. The highest BCUT2D eigenvalue weighted by molar-refractivity contribution is 6.30. The maximum atomic E-state index is 5.88. The number of piperidine rings is 1. The molecule has 1 saturated heterocycles. The fourth-order valence-electron chi connectivity index (χ4n) is 1.90. The van der Waals surface area contributed by atoms with Crippen molar-refractivity contribution in [3.8, 4) is 5.75 Å². The van der Waals surface area contributed by atoms with Crippen molar-refractivity contribution in [3.05, 3.63) is 29.3 Å². The van der Waals surface area contributed by atoms with Gasteiger partial charge in [0.25, 0.3) is 0 Å². The predicted molar refractivity (Wildman–Crippen MR) is 62.6 cm³/mol. The molecule has 0 saturated carbocycles. The van der Waals surface area contributed by atoms with Crippen LogP contribution in [0.1, 0.15) is 19.8 Å².